The van der Waals surface area contributed by atoms with Gasteiger partial charge >= 0.3 is 0 Å². The molecular weight excluding hydrogens is 318 g/mol. The smallest absolute Gasteiger partial charge is 0.243 e. The summed E-state index contributed by atoms with van der Waals surface area (Å²) < 4.78 is 38.5. The molecule has 0 spiro atoms. The topological polar surface area (TPSA) is 54.5 Å². The van der Waals surface area contributed by atoms with Gasteiger partial charge in [-0.05, 0) is 43.9 Å². The Balaban J connectivity index is 2.25. The summed E-state index contributed by atoms with van der Waals surface area (Å²) in [7, 11) is -4.49. The van der Waals surface area contributed by atoms with Crippen LogP contribution in [0, 0.1) is 0 Å². The SMILES string of the molecule is CC[C@H](C)c1ccc(S(=O)(=O)N2CC[S@@](=O)C(C)(C)C2)cc1. The van der Waals surface area contributed by atoms with Gasteiger partial charge in [-0.25, -0.2) is 8.42 Å². The number of benzene rings is 1. The summed E-state index contributed by atoms with van der Waals surface area (Å²) in [4.78, 5) is 0.322. The molecule has 6 heteroatoms. The lowest BCUT2D eigenvalue weighted by Gasteiger charge is -2.36. The van der Waals surface area contributed by atoms with Gasteiger partial charge < -0.3 is 0 Å². The lowest BCUT2D eigenvalue weighted by Crippen LogP contribution is -2.51. The van der Waals surface area contributed by atoms with Crippen molar-refractivity contribution in [1.29, 1.82) is 0 Å². The molecule has 22 heavy (non-hydrogen) atoms. The van der Waals surface area contributed by atoms with Gasteiger partial charge in [0.15, 0.2) is 0 Å². The van der Waals surface area contributed by atoms with Gasteiger partial charge in [-0.2, -0.15) is 4.31 Å². The molecule has 0 bridgehead atoms. The molecule has 0 aliphatic carbocycles. The maximum atomic E-state index is 12.8. The molecule has 0 N–H and O–H groups in total. The molecule has 1 aromatic carbocycles. The highest BCUT2D eigenvalue weighted by molar-refractivity contribution is 7.89. The van der Waals surface area contributed by atoms with Crippen molar-refractivity contribution in [3.8, 4) is 0 Å². The predicted octanol–water partition coefficient (Wildman–Crippen LogP) is 2.73. The van der Waals surface area contributed by atoms with Crippen LogP contribution in [0.15, 0.2) is 29.2 Å². The second-order valence-electron chi connectivity index (χ2n) is 6.53. The van der Waals surface area contributed by atoms with Gasteiger partial charge in [-0.3, -0.25) is 4.21 Å². The van der Waals surface area contributed by atoms with E-state index < -0.39 is 25.6 Å². The lowest BCUT2D eigenvalue weighted by molar-refractivity contribution is 0.378. The van der Waals surface area contributed by atoms with Crippen LogP contribution in [0.2, 0.25) is 0 Å². The van der Waals surface area contributed by atoms with Crippen molar-refractivity contribution in [1.82, 2.24) is 4.31 Å². The molecule has 2 rings (SSSR count). The van der Waals surface area contributed by atoms with Gasteiger partial charge in [0.1, 0.15) is 0 Å². The molecule has 124 valence electrons. The maximum absolute atomic E-state index is 12.8. The van der Waals surface area contributed by atoms with Crippen LogP contribution in [-0.4, -0.2) is 40.5 Å². The fourth-order valence-corrected chi connectivity index (χ4v) is 5.63. The Kier molecular flexibility index (Phi) is 5.14. The summed E-state index contributed by atoms with van der Waals surface area (Å²) in [5, 5.41) is 0. The predicted molar refractivity (Wildman–Crippen MR) is 91.0 cm³/mol. The van der Waals surface area contributed by atoms with Crippen molar-refractivity contribution in [3.05, 3.63) is 29.8 Å². The van der Waals surface area contributed by atoms with Crippen LogP contribution < -0.4 is 0 Å². The monoisotopic (exact) mass is 343 g/mol. The maximum Gasteiger partial charge on any atom is 0.243 e. The first-order valence-electron chi connectivity index (χ1n) is 7.67. The van der Waals surface area contributed by atoms with E-state index in [0.717, 1.165) is 12.0 Å². The van der Waals surface area contributed by atoms with Gasteiger partial charge in [0, 0.05) is 29.6 Å². The average Bonchev–Trinajstić information content (AvgIpc) is 2.49. The van der Waals surface area contributed by atoms with E-state index in [2.05, 4.69) is 13.8 Å². The van der Waals surface area contributed by atoms with Gasteiger partial charge in [0.05, 0.1) is 9.64 Å². The van der Waals surface area contributed by atoms with E-state index in [-0.39, 0.29) is 0 Å². The van der Waals surface area contributed by atoms with E-state index >= 15 is 0 Å². The Labute approximate surface area is 136 Å². The second-order valence-corrected chi connectivity index (χ2v) is 10.7. The molecule has 0 amide bonds. The lowest BCUT2D eigenvalue weighted by atomic mass is 9.99. The minimum atomic E-state index is -3.51. The summed E-state index contributed by atoms with van der Waals surface area (Å²) in [6, 6.07) is 7.17. The van der Waals surface area contributed by atoms with Crippen LogP contribution in [0.5, 0.6) is 0 Å². The van der Waals surface area contributed by atoms with Crippen LogP contribution in [0.3, 0.4) is 0 Å². The Bertz CT molecular complexity index is 650. The molecule has 1 aliphatic heterocycles. The second kappa shape index (κ2) is 6.42. The third-order valence-electron chi connectivity index (χ3n) is 4.40. The molecule has 1 aromatic rings. The van der Waals surface area contributed by atoms with Crippen molar-refractivity contribution in [2.45, 2.75) is 49.7 Å². The molecule has 0 saturated carbocycles. The first-order chi connectivity index (χ1) is 10.2. The van der Waals surface area contributed by atoms with E-state index in [0.29, 0.717) is 29.7 Å². The minimum absolute atomic E-state index is 0.301. The largest absolute Gasteiger partial charge is 0.259 e. The van der Waals surface area contributed by atoms with Gasteiger partial charge in [0.2, 0.25) is 10.0 Å². The first-order valence-corrected chi connectivity index (χ1v) is 10.4. The van der Waals surface area contributed by atoms with Crippen molar-refractivity contribution in [2.24, 2.45) is 0 Å². The molecule has 2 atom stereocenters. The summed E-state index contributed by atoms with van der Waals surface area (Å²) in [6.07, 6.45) is 1.03. The minimum Gasteiger partial charge on any atom is -0.259 e. The van der Waals surface area contributed by atoms with Crippen molar-refractivity contribution >= 4 is 20.8 Å². The fourth-order valence-electron chi connectivity index (χ4n) is 2.60. The zero-order chi connectivity index (χ0) is 16.5. The molecule has 0 radical (unpaired) electrons. The Morgan fingerprint density at radius 1 is 1.27 bits per heavy atom. The van der Waals surface area contributed by atoms with Gasteiger partial charge in [-0.15, -0.1) is 0 Å². The summed E-state index contributed by atoms with van der Waals surface area (Å²) in [5.41, 5.74) is 1.15. The quantitative estimate of drug-likeness (QED) is 0.845. The van der Waals surface area contributed by atoms with E-state index in [4.69, 9.17) is 0 Å². The summed E-state index contributed by atoms with van der Waals surface area (Å²) >= 11 is 0. The Hall–Kier alpha value is -0.720. The van der Waals surface area contributed by atoms with Crippen molar-refractivity contribution < 1.29 is 12.6 Å². The van der Waals surface area contributed by atoms with Crippen LogP contribution >= 0.6 is 0 Å². The van der Waals surface area contributed by atoms with Crippen LogP contribution in [0.1, 0.15) is 45.6 Å². The zero-order valence-electron chi connectivity index (χ0n) is 13.7. The molecule has 1 saturated heterocycles. The van der Waals surface area contributed by atoms with Gasteiger partial charge in [0.25, 0.3) is 0 Å². The number of rotatable bonds is 4. The molecule has 0 unspecified atom stereocenters. The zero-order valence-corrected chi connectivity index (χ0v) is 15.3. The number of hydrogen-bond acceptors (Lipinski definition) is 3. The van der Waals surface area contributed by atoms with E-state index in [1.165, 1.54) is 4.31 Å². The van der Waals surface area contributed by atoms with Crippen molar-refractivity contribution in [2.75, 3.05) is 18.8 Å². The summed E-state index contributed by atoms with van der Waals surface area (Å²) in [6.45, 7) is 8.59. The normalized spacial score (nSPS) is 24.1. The molecule has 0 aromatic heterocycles. The number of hydrogen-bond donors (Lipinski definition) is 0. The highest BCUT2D eigenvalue weighted by Crippen LogP contribution is 2.27. The van der Waals surface area contributed by atoms with E-state index in [1.807, 2.05) is 26.0 Å². The first kappa shape index (κ1) is 17.6. The highest BCUT2D eigenvalue weighted by atomic mass is 32.2. The number of nitrogens with zero attached hydrogens (tertiary/aromatic N) is 1. The van der Waals surface area contributed by atoms with E-state index in [1.54, 1.807) is 12.1 Å². The summed E-state index contributed by atoms with van der Waals surface area (Å²) in [5.74, 6) is 0.824. The molecular formula is C16H25NO3S2. The van der Waals surface area contributed by atoms with E-state index in [9.17, 15) is 12.6 Å². The Morgan fingerprint density at radius 3 is 2.36 bits per heavy atom. The molecule has 1 aliphatic rings. The Morgan fingerprint density at radius 2 is 1.86 bits per heavy atom. The molecule has 1 heterocycles. The third-order valence-corrected chi connectivity index (χ3v) is 8.17. The average molecular weight is 344 g/mol. The third kappa shape index (κ3) is 3.44. The van der Waals surface area contributed by atoms with Crippen molar-refractivity contribution in [3.63, 3.8) is 0 Å². The van der Waals surface area contributed by atoms with Gasteiger partial charge in [-0.1, -0.05) is 26.0 Å². The standard InChI is InChI=1S/C16H25NO3S2/c1-5-13(2)14-6-8-15(9-7-14)22(19,20)17-10-11-21(18)16(3,4)12-17/h6-9,13H,5,10-12H2,1-4H3/t13-,21+/m0/s1. The van der Waals surface area contributed by atoms with Crippen LogP contribution in [0.25, 0.3) is 0 Å². The van der Waals surface area contributed by atoms with Crippen LogP contribution in [0.4, 0.5) is 0 Å². The molecule has 4 nitrogen and oxygen atoms in total. The highest BCUT2D eigenvalue weighted by Gasteiger charge is 2.38. The fraction of sp³-hybridized carbons (Fsp3) is 0.625. The number of sulfonamides is 1. The molecule has 1 fully saturated rings. The van der Waals surface area contributed by atoms with Crippen LogP contribution in [-0.2, 0) is 20.8 Å².